The lowest BCUT2D eigenvalue weighted by Gasteiger charge is -2.11. The maximum Gasteiger partial charge on any atom is 0.241 e. The van der Waals surface area contributed by atoms with Gasteiger partial charge in [-0.3, -0.25) is 10.1 Å². The third-order valence-corrected chi connectivity index (χ3v) is 4.72. The number of aromatic nitrogens is 3. The molecule has 2 aromatic heterocycles. The minimum atomic E-state index is -0.448. The quantitative estimate of drug-likeness (QED) is 0.353. The second kappa shape index (κ2) is 8.11. The van der Waals surface area contributed by atoms with E-state index < -0.39 is 5.91 Å². The monoisotopic (exact) mass is 426 g/mol. The Kier molecular flexibility index (Phi) is 5.38. The number of hydrogen-bond acceptors (Lipinski definition) is 4. The van der Waals surface area contributed by atoms with Gasteiger partial charge >= 0.3 is 0 Å². The summed E-state index contributed by atoms with van der Waals surface area (Å²) >= 11 is 12.0. The predicted octanol–water partition coefficient (Wildman–Crippen LogP) is 5.33. The summed E-state index contributed by atoms with van der Waals surface area (Å²) < 4.78 is 13.3. The summed E-state index contributed by atoms with van der Waals surface area (Å²) in [6.07, 6.45) is 0. The van der Waals surface area contributed by atoms with Gasteiger partial charge in [0, 0.05) is 16.5 Å². The van der Waals surface area contributed by atoms with Crippen LogP contribution < -0.4 is 5.32 Å². The van der Waals surface area contributed by atoms with Crippen molar-refractivity contribution < 1.29 is 9.18 Å². The van der Waals surface area contributed by atoms with E-state index in [-0.39, 0.29) is 22.8 Å². The number of pyridine rings is 1. The Morgan fingerprint density at radius 3 is 2.45 bits per heavy atom. The molecule has 0 fully saturated rings. The van der Waals surface area contributed by atoms with Crippen molar-refractivity contribution in [1.82, 2.24) is 15.0 Å². The number of rotatable bonds is 4. The summed E-state index contributed by atoms with van der Waals surface area (Å²) in [6.45, 7) is 0. The van der Waals surface area contributed by atoms with Crippen molar-refractivity contribution in [1.29, 1.82) is 0 Å². The highest BCUT2D eigenvalue weighted by Gasteiger charge is 2.14. The SMILES string of the molecule is O=C(CCl)Nc1nc(-c2ccc(F)cc2)cc(-c2cc3ccccc3nc2Cl)n1. The van der Waals surface area contributed by atoms with Gasteiger partial charge in [-0.2, -0.15) is 0 Å². The van der Waals surface area contributed by atoms with E-state index in [1.165, 1.54) is 12.1 Å². The standard InChI is InChI=1S/C21H13Cl2FN4O/c22-11-19(29)28-21-26-17(12-5-7-14(24)8-6-12)10-18(27-21)15-9-13-3-1-2-4-16(13)25-20(15)23/h1-10H,11H2,(H,26,27,28,29). The minimum absolute atomic E-state index is 0.0664. The van der Waals surface area contributed by atoms with Crippen LogP contribution in [0.1, 0.15) is 0 Å². The van der Waals surface area contributed by atoms with E-state index >= 15 is 0 Å². The van der Waals surface area contributed by atoms with Gasteiger partial charge in [0.1, 0.15) is 16.9 Å². The maximum absolute atomic E-state index is 13.3. The minimum Gasteiger partial charge on any atom is -0.293 e. The number of carbonyl (C=O) groups excluding carboxylic acids is 1. The van der Waals surface area contributed by atoms with E-state index in [2.05, 4.69) is 20.3 Å². The first-order valence-corrected chi connectivity index (χ1v) is 9.51. The molecule has 5 nitrogen and oxygen atoms in total. The first-order chi connectivity index (χ1) is 14.0. The van der Waals surface area contributed by atoms with E-state index in [1.54, 1.807) is 18.2 Å². The number of benzene rings is 2. The van der Waals surface area contributed by atoms with Gasteiger partial charge in [-0.15, -0.1) is 11.6 Å². The Balaban J connectivity index is 1.89. The summed E-state index contributed by atoms with van der Waals surface area (Å²) in [4.78, 5) is 24.9. The largest absolute Gasteiger partial charge is 0.293 e. The van der Waals surface area contributed by atoms with E-state index in [1.807, 2.05) is 30.3 Å². The fourth-order valence-corrected chi connectivity index (χ4v) is 3.15. The van der Waals surface area contributed by atoms with Crippen molar-refractivity contribution >= 4 is 46.0 Å². The second-order valence-electron chi connectivity index (χ2n) is 6.17. The zero-order valence-electron chi connectivity index (χ0n) is 14.9. The smallest absolute Gasteiger partial charge is 0.241 e. The lowest BCUT2D eigenvalue weighted by atomic mass is 10.1. The molecular weight excluding hydrogens is 414 g/mol. The van der Waals surface area contributed by atoms with Crippen molar-refractivity contribution in [3.63, 3.8) is 0 Å². The van der Waals surface area contributed by atoms with Crippen LogP contribution in [-0.4, -0.2) is 26.7 Å². The van der Waals surface area contributed by atoms with E-state index in [4.69, 9.17) is 23.2 Å². The number of para-hydroxylation sites is 1. The van der Waals surface area contributed by atoms with Crippen LogP contribution in [0.3, 0.4) is 0 Å². The van der Waals surface area contributed by atoms with Gasteiger partial charge in [0.2, 0.25) is 11.9 Å². The molecule has 0 aliphatic rings. The number of hydrogen-bond donors (Lipinski definition) is 1. The zero-order chi connectivity index (χ0) is 20.4. The van der Waals surface area contributed by atoms with Crippen LogP contribution in [0.4, 0.5) is 10.3 Å². The van der Waals surface area contributed by atoms with Crippen LogP contribution in [0.15, 0.2) is 60.7 Å². The highest BCUT2D eigenvalue weighted by atomic mass is 35.5. The first-order valence-electron chi connectivity index (χ1n) is 8.60. The number of nitrogens with one attached hydrogen (secondary N) is 1. The van der Waals surface area contributed by atoms with Crippen LogP contribution in [0.25, 0.3) is 33.4 Å². The molecule has 8 heteroatoms. The number of fused-ring (bicyclic) bond motifs is 1. The van der Waals surface area contributed by atoms with Gasteiger partial charge in [-0.05, 0) is 42.5 Å². The maximum atomic E-state index is 13.3. The van der Waals surface area contributed by atoms with Gasteiger partial charge < -0.3 is 0 Å². The Hall–Kier alpha value is -3.09. The molecule has 2 aromatic carbocycles. The Morgan fingerprint density at radius 2 is 1.69 bits per heavy atom. The molecular formula is C21H13Cl2FN4O. The molecule has 0 saturated carbocycles. The first kappa shape index (κ1) is 19.2. The predicted molar refractivity (Wildman–Crippen MR) is 113 cm³/mol. The summed E-state index contributed by atoms with van der Waals surface area (Å²) in [7, 11) is 0. The molecule has 1 N–H and O–H groups in total. The number of anilines is 1. The Bertz CT molecular complexity index is 1220. The number of alkyl halides is 1. The van der Waals surface area contributed by atoms with Gasteiger partial charge in [0.05, 0.1) is 16.9 Å². The van der Waals surface area contributed by atoms with Gasteiger partial charge in [-0.1, -0.05) is 29.8 Å². The summed E-state index contributed by atoms with van der Waals surface area (Å²) in [5.41, 5.74) is 2.94. The molecule has 0 atom stereocenters. The molecule has 0 aliphatic heterocycles. The molecule has 29 heavy (non-hydrogen) atoms. The second-order valence-corrected chi connectivity index (χ2v) is 6.80. The molecule has 4 rings (SSSR count). The molecule has 2 heterocycles. The highest BCUT2D eigenvalue weighted by Crippen LogP contribution is 2.31. The molecule has 1 amide bonds. The molecule has 4 aromatic rings. The molecule has 0 aliphatic carbocycles. The van der Waals surface area contributed by atoms with Crippen molar-refractivity contribution in [3.8, 4) is 22.5 Å². The molecule has 0 bridgehead atoms. The van der Waals surface area contributed by atoms with E-state index in [9.17, 15) is 9.18 Å². The molecule has 0 unspecified atom stereocenters. The number of nitrogens with zero attached hydrogens (tertiary/aromatic N) is 3. The van der Waals surface area contributed by atoms with Crippen LogP contribution >= 0.6 is 23.2 Å². The van der Waals surface area contributed by atoms with Crippen molar-refractivity contribution in [3.05, 3.63) is 71.6 Å². The summed E-state index contributed by atoms with van der Waals surface area (Å²) in [5, 5.41) is 3.70. The lowest BCUT2D eigenvalue weighted by molar-refractivity contribution is -0.114. The number of halogens is 3. The molecule has 0 spiro atoms. The third-order valence-electron chi connectivity index (χ3n) is 4.19. The van der Waals surface area contributed by atoms with Crippen molar-refractivity contribution in [2.45, 2.75) is 0 Å². The fourth-order valence-electron chi connectivity index (χ4n) is 2.84. The van der Waals surface area contributed by atoms with E-state index in [0.717, 1.165) is 10.9 Å². The highest BCUT2D eigenvalue weighted by molar-refractivity contribution is 6.32. The van der Waals surface area contributed by atoms with Gasteiger partial charge in [-0.25, -0.2) is 19.3 Å². The lowest BCUT2D eigenvalue weighted by Crippen LogP contribution is -2.15. The molecule has 144 valence electrons. The van der Waals surface area contributed by atoms with Crippen LogP contribution in [0, 0.1) is 5.82 Å². The van der Waals surface area contributed by atoms with Gasteiger partial charge in [0.25, 0.3) is 0 Å². The van der Waals surface area contributed by atoms with Crippen LogP contribution in [-0.2, 0) is 4.79 Å². The fraction of sp³-hybridized carbons (Fsp3) is 0.0476. The number of carbonyl (C=O) groups is 1. The third kappa shape index (κ3) is 4.18. The Labute approximate surface area is 175 Å². The summed E-state index contributed by atoms with van der Waals surface area (Å²) in [6, 6.07) is 17.0. The average Bonchev–Trinajstić information content (AvgIpc) is 2.73. The normalized spacial score (nSPS) is 10.9. The molecule has 0 saturated heterocycles. The summed E-state index contributed by atoms with van der Waals surface area (Å²) in [5.74, 6) is -0.980. The van der Waals surface area contributed by atoms with Crippen LogP contribution in [0.5, 0.6) is 0 Å². The van der Waals surface area contributed by atoms with Crippen molar-refractivity contribution in [2.24, 2.45) is 0 Å². The zero-order valence-corrected chi connectivity index (χ0v) is 16.4. The topological polar surface area (TPSA) is 67.8 Å². The van der Waals surface area contributed by atoms with Crippen LogP contribution in [0.2, 0.25) is 5.15 Å². The molecule has 0 radical (unpaired) electrons. The van der Waals surface area contributed by atoms with E-state index in [0.29, 0.717) is 22.5 Å². The Morgan fingerprint density at radius 1 is 0.966 bits per heavy atom. The van der Waals surface area contributed by atoms with Crippen molar-refractivity contribution in [2.75, 3.05) is 11.2 Å². The average molecular weight is 427 g/mol. The van der Waals surface area contributed by atoms with Gasteiger partial charge in [0.15, 0.2) is 0 Å². The number of amides is 1.